The third-order valence-electron chi connectivity index (χ3n) is 5.50. The van der Waals surface area contributed by atoms with Crippen molar-refractivity contribution < 1.29 is 9.90 Å². The van der Waals surface area contributed by atoms with Crippen LogP contribution in [0.4, 0.5) is 0 Å². The van der Waals surface area contributed by atoms with Gasteiger partial charge in [0.2, 0.25) is 0 Å². The first-order valence-electron chi connectivity index (χ1n) is 11.1. The molecule has 0 aliphatic heterocycles. The molecule has 0 amide bonds. The average molecular weight is 459 g/mol. The van der Waals surface area contributed by atoms with Crippen LogP contribution < -0.4 is 11.3 Å². The maximum absolute atomic E-state index is 13.0. The summed E-state index contributed by atoms with van der Waals surface area (Å²) < 4.78 is 2.20. The number of aromatic nitrogens is 5. The van der Waals surface area contributed by atoms with E-state index in [4.69, 9.17) is 20.6 Å². The van der Waals surface area contributed by atoms with Crippen molar-refractivity contribution in [3.8, 4) is 11.3 Å². The van der Waals surface area contributed by atoms with Gasteiger partial charge in [-0.1, -0.05) is 25.1 Å². The monoisotopic (exact) mass is 458 g/mol. The summed E-state index contributed by atoms with van der Waals surface area (Å²) in [5, 5.41) is 8.45. The number of carbonyl (C=O) groups is 1. The molecule has 174 valence electrons. The lowest BCUT2D eigenvalue weighted by Gasteiger charge is -2.07. The van der Waals surface area contributed by atoms with E-state index >= 15 is 0 Å². The molecule has 0 saturated carbocycles. The van der Waals surface area contributed by atoms with Crippen LogP contribution in [-0.4, -0.2) is 42.1 Å². The van der Waals surface area contributed by atoms with Crippen LogP contribution in [0.2, 0.25) is 0 Å². The number of hydrogen-bond donors (Lipinski definition) is 3. The van der Waals surface area contributed by atoms with E-state index in [-0.39, 0.29) is 5.56 Å². The number of aromatic amines is 1. The van der Waals surface area contributed by atoms with E-state index in [1.807, 2.05) is 24.4 Å². The number of rotatable bonds is 5. The minimum Gasteiger partial charge on any atom is -0.481 e. The fraction of sp³-hybridized carbons (Fsp3) is 0.240. The predicted octanol–water partition coefficient (Wildman–Crippen LogP) is 3.49. The van der Waals surface area contributed by atoms with Crippen molar-refractivity contribution in [2.45, 2.75) is 33.2 Å². The lowest BCUT2D eigenvalue weighted by atomic mass is 10.1. The number of carboxylic acids is 1. The van der Waals surface area contributed by atoms with Crippen LogP contribution in [0.1, 0.15) is 25.8 Å². The van der Waals surface area contributed by atoms with Gasteiger partial charge in [0.05, 0.1) is 27.6 Å². The van der Waals surface area contributed by atoms with Crippen LogP contribution in [0.15, 0.2) is 53.7 Å². The van der Waals surface area contributed by atoms with Gasteiger partial charge in [-0.05, 0) is 37.1 Å². The number of fused-ring (bicyclic) bond motifs is 3. The van der Waals surface area contributed by atoms with Gasteiger partial charge in [0.15, 0.2) is 0 Å². The van der Waals surface area contributed by atoms with Crippen molar-refractivity contribution in [2.24, 2.45) is 5.73 Å². The highest BCUT2D eigenvalue weighted by Crippen LogP contribution is 2.31. The van der Waals surface area contributed by atoms with Crippen molar-refractivity contribution in [3.05, 3.63) is 64.8 Å². The van der Waals surface area contributed by atoms with E-state index < -0.39 is 5.97 Å². The zero-order chi connectivity index (χ0) is 24.2. The summed E-state index contributed by atoms with van der Waals surface area (Å²) in [6, 6.07) is 9.90. The molecule has 0 unspecified atom stereocenters. The number of nitrogens with two attached hydrogens (primary N) is 1. The zero-order valence-corrected chi connectivity index (χ0v) is 19.1. The van der Waals surface area contributed by atoms with Gasteiger partial charge in [0.25, 0.3) is 11.5 Å². The van der Waals surface area contributed by atoms with Crippen molar-refractivity contribution in [2.75, 3.05) is 6.54 Å². The molecule has 34 heavy (non-hydrogen) atoms. The first kappa shape index (κ1) is 23.1. The lowest BCUT2D eigenvalue weighted by molar-refractivity contribution is -0.134. The molecule has 0 radical (unpaired) electrons. The highest BCUT2D eigenvalue weighted by molar-refractivity contribution is 5.98. The van der Waals surface area contributed by atoms with E-state index in [2.05, 4.69) is 38.6 Å². The number of nitrogens with zero attached hydrogens (tertiary/aromatic N) is 4. The Balaban J connectivity index is 0.000000636. The Bertz CT molecular complexity index is 1550. The molecular formula is C25H26N6O3. The Kier molecular flexibility index (Phi) is 6.65. The topological polar surface area (TPSA) is 140 Å². The van der Waals surface area contributed by atoms with Crippen LogP contribution in [0.25, 0.3) is 44.2 Å². The normalized spacial score (nSPS) is 11.0. The third kappa shape index (κ3) is 4.51. The number of hydrogen-bond acceptors (Lipinski definition) is 6. The summed E-state index contributed by atoms with van der Waals surface area (Å²) in [5.41, 5.74) is 12.0. The second kappa shape index (κ2) is 9.80. The average Bonchev–Trinajstić information content (AvgIpc) is 3.19. The van der Waals surface area contributed by atoms with E-state index in [1.54, 1.807) is 12.4 Å². The van der Waals surface area contributed by atoms with Gasteiger partial charge >= 0.3 is 0 Å². The minimum atomic E-state index is -0.833. The Labute approximate surface area is 195 Å². The van der Waals surface area contributed by atoms with Crippen molar-refractivity contribution in [1.29, 1.82) is 0 Å². The Morgan fingerprint density at radius 2 is 1.85 bits per heavy atom. The molecule has 0 atom stereocenters. The molecule has 3 aromatic heterocycles. The molecule has 4 N–H and O–H groups in total. The second-order valence-corrected chi connectivity index (χ2v) is 7.89. The summed E-state index contributed by atoms with van der Waals surface area (Å²) in [4.78, 5) is 38.4. The maximum atomic E-state index is 13.0. The molecule has 0 bridgehead atoms. The van der Waals surface area contributed by atoms with E-state index in [0.717, 1.165) is 53.8 Å². The number of carboxylic acid groups (broad SMARTS) is 1. The first-order valence-corrected chi connectivity index (χ1v) is 11.1. The second-order valence-electron chi connectivity index (χ2n) is 7.89. The SMILES string of the molecule is CC(=O)O.CCc1cccc2c(-c3nc4cc5nccnc5cc4[nH]c3=O)cn(CCCN)c12. The fourth-order valence-electron chi connectivity index (χ4n) is 4.08. The molecule has 5 rings (SSSR count). The van der Waals surface area contributed by atoms with Crippen LogP contribution in [0.3, 0.4) is 0 Å². The van der Waals surface area contributed by atoms with Gasteiger partial charge in [-0.2, -0.15) is 0 Å². The smallest absolute Gasteiger partial charge is 0.300 e. The number of benzene rings is 2. The summed E-state index contributed by atoms with van der Waals surface area (Å²) in [6.45, 7) is 4.64. The minimum absolute atomic E-state index is 0.217. The summed E-state index contributed by atoms with van der Waals surface area (Å²) in [6.07, 6.45) is 7.10. The molecule has 0 spiro atoms. The molecule has 0 saturated heterocycles. The Hall–Kier alpha value is -4.11. The number of nitrogens with one attached hydrogen (secondary N) is 1. The molecule has 0 aliphatic carbocycles. The maximum Gasteiger partial charge on any atom is 0.300 e. The van der Waals surface area contributed by atoms with E-state index in [1.165, 1.54) is 5.56 Å². The standard InChI is InChI=1S/C23H22N6O.C2H4O2/c1-2-14-5-3-6-15-16(13-29(22(14)15)10-4-7-24)21-23(30)28-20-12-18-17(11-19(20)27-21)25-8-9-26-18;1-2(3)4/h3,5-6,8-9,11-13H,2,4,7,10,24H2,1H3,(H,28,30);1H3,(H,3,4). The summed E-state index contributed by atoms with van der Waals surface area (Å²) >= 11 is 0. The van der Waals surface area contributed by atoms with Gasteiger partial charge in [0.1, 0.15) is 5.69 Å². The summed E-state index contributed by atoms with van der Waals surface area (Å²) in [7, 11) is 0. The number of para-hydroxylation sites is 1. The predicted molar refractivity (Wildman–Crippen MR) is 133 cm³/mol. The highest BCUT2D eigenvalue weighted by Gasteiger charge is 2.17. The molecule has 2 aromatic carbocycles. The number of H-pyrrole nitrogens is 1. The molecule has 3 heterocycles. The van der Waals surface area contributed by atoms with Crippen molar-refractivity contribution in [3.63, 3.8) is 0 Å². The van der Waals surface area contributed by atoms with Gasteiger partial charge < -0.3 is 20.4 Å². The van der Waals surface area contributed by atoms with E-state index in [9.17, 15) is 4.79 Å². The van der Waals surface area contributed by atoms with Gasteiger partial charge in [-0.25, -0.2) is 4.98 Å². The summed E-state index contributed by atoms with van der Waals surface area (Å²) in [5.74, 6) is -0.833. The van der Waals surface area contributed by atoms with E-state index in [0.29, 0.717) is 23.3 Å². The van der Waals surface area contributed by atoms with Crippen LogP contribution >= 0.6 is 0 Å². The Morgan fingerprint density at radius 3 is 2.53 bits per heavy atom. The van der Waals surface area contributed by atoms with Crippen molar-refractivity contribution in [1.82, 2.24) is 24.5 Å². The largest absolute Gasteiger partial charge is 0.481 e. The van der Waals surface area contributed by atoms with Crippen molar-refractivity contribution >= 4 is 38.9 Å². The number of aryl methyl sites for hydroxylation is 2. The van der Waals surface area contributed by atoms with Crippen LogP contribution in [0, 0.1) is 0 Å². The Morgan fingerprint density at radius 1 is 1.15 bits per heavy atom. The molecule has 0 aliphatic rings. The fourth-order valence-corrected chi connectivity index (χ4v) is 4.08. The third-order valence-corrected chi connectivity index (χ3v) is 5.50. The zero-order valence-electron chi connectivity index (χ0n) is 19.1. The number of aliphatic carboxylic acids is 1. The molecule has 9 nitrogen and oxygen atoms in total. The molecule has 9 heteroatoms. The molecular weight excluding hydrogens is 432 g/mol. The highest BCUT2D eigenvalue weighted by atomic mass is 16.4. The van der Waals surface area contributed by atoms with Gasteiger partial charge in [0, 0.05) is 43.0 Å². The van der Waals surface area contributed by atoms with Gasteiger partial charge in [-0.3, -0.25) is 19.6 Å². The van der Waals surface area contributed by atoms with Gasteiger partial charge in [-0.15, -0.1) is 0 Å². The lowest BCUT2D eigenvalue weighted by Crippen LogP contribution is -2.11. The molecule has 5 aromatic rings. The molecule has 0 fully saturated rings. The van der Waals surface area contributed by atoms with Crippen LogP contribution in [-0.2, 0) is 17.8 Å². The quantitative estimate of drug-likeness (QED) is 0.342. The van der Waals surface area contributed by atoms with Crippen LogP contribution in [0.5, 0.6) is 0 Å². The first-order chi connectivity index (χ1) is 16.4.